The Hall–Kier alpha value is -1.06. The molecule has 0 aliphatic rings. The molecule has 0 rings (SSSR count). The highest BCUT2D eigenvalue weighted by molar-refractivity contribution is 5.79. The number of hydrogen-bond acceptors (Lipinski definition) is 3. The van der Waals surface area contributed by atoms with Crippen molar-refractivity contribution in [3.63, 3.8) is 0 Å². The van der Waals surface area contributed by atoms with E-state index in [-0.39, 0.29) is 18.5 Å². The number of hydrogen-bond donors (Lipinski definition) is 1. The average Bonchev–Trinajstić information content (AvgIpc) is 2.22. The fourth-order valence-electron chi connectivity index (χ4n) is 1.97. The van der Waals surface area contributed by atoms with E-state index in [1.807, 2.05) is 13.8 Å². The Bertz CT molecular complexity index is 261. The van der Waals surface area contributed by atoms with Gasteiger partial charge >= 0.3 is 11.9 Å². The van der Waals surface area contributed by atoms with Crippen LogP contribution in [0.1, 0.15) is 59.8 Å². The summed E-state index contributed by atoms with van der Waals surface area (Å²) in [4.78, 5) is 22.6. The summed E-state index contributed by atoms with van der Waals surface area (Å²) >= 11 is 0. The van der Waals surface area contributed by atoms with E-state index in [9.17, 15) is 9.59 Å². The summed E-state index contributed by atoms with van der Waals surface area (Å²) in [5, 5.41) is 8.80. The topological polar surface area (TPSA) is 63.6 Å². The lowest BCUT2D eigenvalue weighted by molar-refractivity contribution is -0.157. The molecule has 0 spiro atoms. The van der Waals surface area contributed by atoms with Crippen LogP contribution in [0.25, 0.3) is 0 Å². The first-order valence-electron chi connectivity index (χ1n) is 6.79. The smallest absolute Gasteiger partial charge is 0.309 e. The molecule has 0 radical (unpaired) electrons. The molecule has 0 heterocycles. The van der Waals surface area contributed by atoms with E-state index in [1.165, 1.54) is 0 Å². The third-order valence-electron chi connectivity index (χ3n) is 2.78. The SMILES string of the molecule is CCCCC(CC(=O)O)C(=O)OC(C)CC(C)C. The first kappa shape index (κ1) is 16.9. The Morgan fingerprint density at radius 3 is 2.28 bits per heavy atom. The summed E-state index contributed by atoms with van der Waals surface area (Å²) in [5.41, 5.74) is 0. The summed E-state index contributed by atoms with van der Waals surface area (Å²) in [6.07, 6.45) is 2.93. The number of rotatable bonds is 9. The van der Waals surface area contributed by atoms with Crippen LogP contribution in [0, 0.1) is 11.8 Å². The minimum absolute atomic E-state index is 0.132. The summed E-state index contributed by atoms with van der Waals surface area (Å²) in [5.74, 6) is -1.35. The largest absolute Gasteiger partial charge is 0.481 e. The van der Waals surface area contributed by atoms with Crippen LogP contribution in [-0.2, 0) is 14.3 Å². The lowest BCUT2D eigenvalue weighted by atomic mass is 9.98. The zero-order valence-corrected chi connectivity index (χ0v) is 11.9. The van der Waals surface area contributed by atoms with Gasteiger partial charge in [-0.15, -0.1) is 0 Å². The lowest BCUT2D eigenvalue weighted by Crippen LogP contribution is -2.25. The van der Waals surface area contributed by atoms with E-state index in [1.54, 1.807) is 0 Å². The van der Waals surface area contributed by atoms with Crippen LogP contribution in [0.2, 0.25) is 0 Å². The van der Waals surface area contributed by atoms with Crippen molar-refractivity contribution in [3.05, 3.63) is 0 Å². The monoisotopic (exact) mass is 258 g/mol. The second kappa shape index (κ2) is 8.95. The molecule has 1 N–H and O–H groups in total. The van der Waals surface area contributed by atoms with Crippen molar-refractivity contribution in [1.82, 2.24) is 0 Å². The molecule has 0 aliphatic carbocycles. The first-order chi connectivity index (χ1) is 8.36. The zero-order valence-electron chi connectivity index (χ0n) is 11.9. The molecule has 0 aromatic carbocycles. The molecule has 4 nitrogen and oxygen atoms in total. The molecular weight excluding hydrogens is 232 g/mol. The first-order valence-corrected chi connectivity index (χ1v) is 6.79. The zero-order chi connectivity index (χ0) is 14.1. The Kier molecular flexibility index (Phi) is 8.42. The van der Waals surface area contributed by atoms with Gasteiger partial charge in [0.05, 0.1) is 18.4 Å². The van der Waals surface area contributed by atoms with Gasteiger partial charge in [0.25, 0.3) is 0 Å². The van der Waals surface area contributed by atoms with Gasteiger partial charge in [0.1, 0.15) is 0 Å². The van der Waals surface area contributed by atoms with E-state index >= 15 is 0 Å². The fraction of sp³-hybridized carbons (Fsp3) is 0.857. The number of carbonyl (C=O) groups excluding carboxylic acids is 1. The summed E-state index contributed by atoms with van der Waals surface area (Å²) in [6, 6.07) is 0. The minimum Gasteiger partial charge on any atom is -0.481 e. The highest BCUT2D eigenvalue weighted by Gasteiger charge is 2.24. The summed E-state index contributed by atoms with van der Waals surface area (Å²) in [7, 11) is 0. The van der Waals surface area contributed by atoms with Gasteiger partial charge in [0.15, 0.2) is 0 Å². The fourth-order valence-corrected chi connectivity index (χ4v) is 1.97. The molecule has 0 bridgehead atoms. The van der Waals surface area contributed by atoms with E-state index in [2.05, 4.69) is 13.8 Å². The van der Waals surface area contributed by atoms with Crippen molar-refractivity contribution in [2.24, 2.45) is 11.8 Å². The molecule has 0 aliphatic heterocycles. The second-order valence-electron chi connectivity index (χ2n) is 5.31. The number of ether oxygens (including phenoxy) is 1. The summed E-state index contributed by atoms with van der Waals surface area (Å²) in [6.45, 7) is 8.01. The van der Waals surface area contributed by atoms with E-state index in [0.717, 1.165) is 19.3 Å². The van der Waals surface area contributed by atoms with Crippen LogP contribution in [0.3, 0.4) is 0 Å². The maximum atomic E-state index is 11.9. The highest BCUT2D eigenvalue weighted by atomic mass is 16.5. The molecule has 0 fully saturated rings. The quantitative estimate of drug-likeness (QED) is 0.645. The minimum atomic E-state index is -0.940. The average molecular weight is 258 g/mol. The predicted molar refractivity (Wildman–Crippen MR) is 70.3 cm³/mol. The maximum Gasteiger partial charge on any atom is 0.309 e. The van der Waals surface area contributed by atoms with E-state index < -0.39 is 11.9 Å². The molecule has 18 heavy (non-hydrogen) atoms. The molecule has 2 atom stereocenters. The number of aliphatic carboxylic acids is 1. The van der Waals surface area contributed by atoms with Crippen LogP contribution in [0.5, 0.6) is 0 Å². The van der Waals surface area contributed by atoms with Gasteiger partial charge < -0.3 is 9.84 Å². The standard InChI is InChI=1S/C14H26O4/c1-5-6-7-12(9-13(15)16)14(17)18-11(4)8-10(2)3/h10-12H,5-9H2,1-4H3,(H,15,16). The van der Waals surface area contributed by atoms with Gasteiger partial charge in [-0.2, -0.15) is 0 Å². The van der Waals surface area contributed by atoms with Gasteiger partial charge in [0.2, 0.25) is 0 Å². The molecule has 0 aromatic rings. The van der Waals surface area contributed by atoms with Crippen molar-refractivity contribution >= 4 is 11.9 Å². The van der Waals surface area contributed by atoms with Crippen LogP contribution >= 0.6 is 0 Å². The second-order valence-corrected chi connectivity index (χ2v) is 5.31. The molecule has 0 amide bonds. The van der Waals surface area contributed by atoms with E-state index in [0.29, 0.717) is 12.3 Å². The van der Waals surface area contributed by atoms with Gasteiger partial charge in [-0.25, -0.2) is 0 Å². The molecule has 0 saturated heterocycles. The highest BCUT2D eigenvalue weighted by Crippen LogP contribution is 2.17. The van der Waals surface area contributed by atoms with Gasteiger partial charge in [-0.1, -0.05) is 33.6 Å². The van der Waals surface area contributed by atoms with Gasteiger partial charge in [0, 0.05) is 0 Å². The Morgan fingerprint density at radius 1 is 1.22 bits per heavy atom. The van der Waals surface area contributed by atoms with Crippen molar-refractivity contribution in [2.75, 3.05) is 0 Å². The Morgan fingerprint density at radius 2 is 1.83 bits per heavy atom. The van der Waals surface area contributed by atoms with Crippen molar-refractivity contribution in [3.8, 4) is 0 Å². The van der Waals surface area contributed by atoms with E-state index in [4.69, 9.17) is 9.84 Å². The maximum absolute atomic E-state index is 11.9. The van der Waals surface area contributed by atoms with Crippen LogP contribution in [-0.4, -0.2) is 23.1 Å². The number of carboxylic acid groups (broad SMARTS) is 1. The molecular formula is C14H26O4. The molecule has 0 saturated carbocycles. The number of carbonyl (C=O) groups is 2. The number of carboxylic acids is 1. The third kappa shape index (κ3) is 8.09. The number of unbranched alkanes of at least 4 members (excludes halogenated alkanes) is 1. The Balaban J connectivity index is 4.30. The third-order valence-corrected chi connectivity index (χ3v) is 2.78. The Labute approximate surface area is 110 Å². The molecule has 2 unspecified atom stereocenters. The number of esters is 1. The van der Waals surface area contributed by atoms with Crippen LogP contribution in [0.4, 0.5) is 0 Å². The lowest BCUT2D eigenvalue weighted by Gasteiger charge is -2.19. The molecule has 0 aromatic heterocycles. The summed E-state index contributed by atoms with van der Waals surface area (Å²) < 4.78 is 5.32. The normalized spacial score (nSPS) is 14.3. The van der Waals surface area contributed by atoms with Crippen molar-refractivity contribution < 1.29 is 19.4 Å². The molecule has 4 heteroatoms. The van der Waals surface area contributed by atoms with Crippen molar-refractivity contribution in [1.29, 1.82) is 0 Å². The predicted octanol–water partition coefficient (Wildman–Crippen LogP) is 3.25. The van der Waals surface area contributed by atoms with Crippen LogP contribution in [0.15, 0.2) is 0 Å². The van der Waals surface area contributed by atoms with Crippen LogP contribution < -0.4 is 0 Å². The van der Waals surface area contributed by atoms with Gasteiger partial charge in [-0.3, -0.25) is 9.59 Å². The van der Waals surface area contributed by atoms with Crippen molar-refractivity contribution in [2.45, 2.75) is 65.9 Å². The van der Waals surface area contributed by atoms with Gasteiger partial charge in [-0.05, 0) is 25.7 Å². The molecule has 106 valence electrons.